The molecule has 0 aliphatic carbocycles. The van der Waals surface area contributed by atoms with Gasteiger partial charge in [0.15, 0.2) is 0 Å². The Morgan fingerprint density at radius 1 is 1.08 bits per heavy atom. The fraction of sp³-hybridized carbons (Fsp3) is 0.556. The van der Waals surface area contributed by atoms with Crippen LogP contribution < -0.4 is 5.32 Å². The van der Waals surface area contributed by atoms with Crippen molar-refractivity contribution >= 4 is 40.9 Å². The lowest BCUT2D eigenvalue weighted by Crippen LogP contribution is -2.52. The van der Waals surface area contributed by atoms with E-state index >= 15 is 0 Å². The van der Waals surface area contributed by atoms with Crippen LogP contribution in [0.15, 0.2) is 12.1 Å². The van der Waals surface area contributed by atoms with Crippen molar-refractivity contribution in [2.45, 2.75) is 33.3 Å². The average Bonchev–Trinajstić information content (AvgIpc) is 2.55. The third-order valence-electron chi connectivity index (χ3n) is 3.98. The molecule has 8 heteroatoms. The van der Waals surface area contributed by atoms with Crippen LogP contribution in [0, 0.1) is 6.92 Å². The molecule has 1 aliphatic rings. The first kappa shape index (κ1) is 20.6. The van der Waals surface area contributed by atoms with Crippen LogP contribution in [0.4, 0.5) is 10.5 Å². The molecule has 1 aromatic rings. The van der Waals surface area contributed by atoms with Crippen LogP contribution in [0.2, 0.25) is 10.0 Å². The number of nitrogens with one attached hydrogen (secondary N) is 1. The molecule has 0 atom stereocenters. The predicted octanol–water partition coefficient (Wildman–Crippen LogP) is 3.79. The molecular weight excluding hydrogens is 377 g/mol. The van der Waals surface area contributed by atoms with Crippen LogP contribution in [0.5, 0.6) is 0 Å². The Kier molecular flexibility index (Phi) is 6.64. The third kappa shape index (κ3) is 5.68. The molecule has 0 bridgehead atoms. The minimum atomic E-state index is -0.522. The van der Waals surface area contributed by atoms with Crippen molar-refractivity contribution in [3.63, 3.8) is 0 Å². The summed E-state index contributed by atoms with van der Waals surface area (Å²) in [5.41, 5.74) is 1.17. The lowest BCUT2D eigenvalue weighted by molar-refractivity contribution is -0.131. The number of carbonyl (C=O) groups excluding carboxylic acids is 2. The van der Waals surface area contributed by atoms with Crippen molar-refractivity contribution in [2.24, 2.45) is 0 Å². The summed E-state index contributed by atoms with van der Waals surface area (Å²) in [5.74, 6) is -0.0284. The molecule has 1 N–H and O–H groups in total. The molecule has 0 aromatic heterocycles. The zero-order chi connectivity index (χ0) is 19.5. The molecule has 2 amide bonds. The lowest BCUT2D eigenvalue weighted by atomic mass is 10.2. The SMILES string of the molecule is Cc1cc(Cl)c(Cl)cc1NCC(=O)N1CCN(C(=O)OC(C)(C)C)CC1. The van der Waals surface area contributed by atoms with E-state index in [1.165, 1.54) is 0 Å². The van der Waals surface area contributed by atoms with Crippen molar-refractivity contribution in [3.05, 3.63) is 27.7 Å². The van der Waals surface area contributed by atoms with Gasteiger partial charge in [-0.15, -0.1) is 0 Å². The minimum absolute atomic E-state index is 0.0284. The predicted molar refractivity (Wildman–Crippen MR) is 104 cm³/mol. The van der Waals surface area contributed by atoms with Gasteiger partial charge in [-0.25, -0.2) is 4.79 Å². The maximum atomic E-state index is 12.4. The standard InChI is InChI=1S/C18H25Cl2N3O3/c1-12-9-13(19)14(20)10-15(12)21-11-16(24)22-5-7-23(8-6-22)17(25)26-18(2,3)4/h9-10,21H,5-8,11H2,1-4H3. The fourth-order valence-electron chi connectivity index (χ4n) is 2.58. The number of piperazine rings is 1. The van der Waals surface area contributed by atoms with Gasteiger partial charge in [0.05, 0.1) is 16.6 Å². The van der Waals surface area contributed by atoms with E-state index < -0.39 is 5.60 Å². The second kappa shape index (κ2) is 8.35. The van der Waals surface area contributed by atoms with E-state index in [-0.39, 0.29) is 18.5 Å². The summed E-state index contributed by atoms with van der Waals surface area (Å²) < 4.78 is 5.36. The van der Waals surface area contributed by atoms with Gasteiger partial charge in [-0.3, -0.25) is 4.79 Å². The fourth-order valence-corrected chi connectivity index (χ4v) is 2.97. The monoisotopic (exact) mass is 401 g/mol. The van der Waals surface area contributed by atoms with Gasteiger partial charge >= 0.3 is 6.09 Å². The number of nitrogens with zero attached hydrogens (tertiary/aromatic N) is 2. The molecule has 0 saturated carbocycles. The van der Waals surface area contributed by atoms with Crippen LogP contribution in [0.1, 0.15) is 26.3 Å². The molecule has 6 nitrogen and oxygen atoms in total. The van der Waals surface area contributed by atoms with Crippen LogP contribution in [0.3, 0.4) is 0 Å². The lowest BCUT2D eigenvalue weighted by Gasteiger charge is -2.35. The highest BCUT2D eigenvalue weighted by Crippen LogP contribution is 2.28. The van der Waals surface area contributed by atoms with Crippen molar-refractivity contribution in [1.82, 2.24) is 9.80 Å². The number of hydrogen-bond acceptors (Lipinski definition) is 4. The normalized spacial score (nSPS) is 15.0. The van der Waals surface area contributed by atoms with Crippen molar-refractivity contribution in [2.75, 3.05) is 38.0 Å². The molecule has 26 heavy (non-hydrogen) atoms. The van der Waals surface area contributed by atoms with Crippen molar-refractivity contribution in [3.8, 4) is 0 Å². The van der Waals surface area contributed by atoms with Gasteiger partial charge in [0, 0.05) is 31.9 Å². The summed E-state index contributed by atoms with van der Waals surface area (Å²) in [6, 6.07) is 3.48. The Hall–Kier alpha value is -1.66. The van der Waals surface area contributed by atoms with Crippen LogP contribution in [-0.2, 0) is 9.53 Å². The highest BCUT2D eigenvalue weighted by molar-refractivity contribution is 6.42. The molecular formula is C18H25Cl2N3O3. The zero-order valence-corrected chi connectivity index (χ0v) is 17.1. The number of ether oxygens (including phenoxy) is 1. The highest BCUT2D eigenvalue weighted by atomic mass is 35.5. The van der Waals surface area contributed by atoms with Crippen LogP contribution >= 0.6 is 23.2 Å². The first-order valence-corrected chi connectivity index (χ1v) is 9.27. The molecule has 0 unspecified atom stereocenters. The van der Waals surface area contributed by atoms with Gasteiger partial charge in [-0.1, -0.05) is 23.2 Å². The number of anilines is 1. The Labute approximate surface area is 164 Å². The zero-order valence-electron chi connectivity index (χ0n) is 15.6. The number of hydrogen-bond donors (Lipinski definition) is 1. The molecule has 1 heterocycles. The molecule has 144 valence electrons. The van der Waals surface area contributed by atoms with Gasteiger partial charge < -0.3 is 19.9 Å². The number of halogens is 2. The highest BCUT2D eigenvalue weighted by Gasteiger charge is 2.27. The van der Waals surface area contributed by atoms with Crippen molar-refractivity contribution < 1.29 is 14.3 Å². The van der Waals surface area contributed by atoms with Crippen LogP contribution in [-0.4, -0.2) is 60.1 Å². The Morgan fingerprint density at radius 2 is 1.62 bits per heavy atom. The summed E-state index contributed by atoms with van der Waals surface area (Å²) in [4.78, 5) is 27.8. The van der Waals surface area contributed by atoms with Gasteiger partial charge in [0.1, 0.15) is 5.60 Å². The van der Waals surface area contributed by atoms with Crippen LogP contribution in [0.25, 0.3) is 0 Å². The van der Waals surface area contributed by atoms with E-state index in [1.807, 2.05) is 27.7 Å². The topological polar surface area (TPSA) is 61.9 Å². The van der Waals surface area contributed by atoms with E-state index in [2.05, 4.69) is 5.32 Å². The molecule has 1 aliphatic heterocycles. The quantitative estimate of drug-likeness (QED) is 0.836. The molecule has 1 aromatic carbocycles. The molecule has 2 rings (SSSR count). The maximum Gasteiger partial charge on any atom is 0.410 e. The number of benzene rings is 1. The third-order valence-corrected chi connectivity index (χ3v) is 4.70. The Balaban J connectivity index is 1.83. The Morgan fingerprint density at radius 3 is 2.19 bits per heavy atom. The molecule has 1 fully saturated rings. The number of rotatable bonds is 3. The summed E-state index contributed by atoms with van der Waals surface area (Å²) in [6.07, 6.45) is -0.339. The van der Waals surface area contributed by atoms with Gasteiger partial charge in [-0.2, -0.15) is 0 Å². The largest absolute Gasteiger partial charge is 0.444 e. The van der Waals surface area contributed by atoms with E-state index in [9.17, 15) is 9.59 Å². The minimum Gasteiger partial charge on any atom is -0.444 e. The van der Waals surface area contributed by atoms with Crippen molar-refractivity contribution in [1.29, 1.82) is 0 Å². The first-order chi connectivity index (χ1) is 12.1. The Bertz CT molecular complexity index is 681. The van der Waals surface area contributed by atoms with E-state index in [1.54, 1.807) is 21.9 Å². The van der Waals surface area contributed by atoms with E-state index in [4.69, 9.17) is 27.9 Å². The second-order valence-electron chi connectivity index (χ2n) is 7.28. The number of amides is 2. The molecule has 0 radical (unpaired) electrons. The summed E-state index contributed by atoms with van der Waals surface area (Å²) >= 11 is 12.0. The summed E-state index contributed by atoms with van der Waals surface area (Å²) in [7, 11) is 0. The summed E-state index contributed by atoms with van der Waals surface area (Å²) in [5, 5.41) is 4.03. The maximum absolute atomic E-state index is 12.4. The van der Waals surface area contributed by atoms with Gasteiger partial charge in [-0.05, 0) is 45.4 Å². The number of aryl methyl sites for hydroxylation is 1. The number of carbonyl (C=O) groups is 2. The first-order valence-electron chi connectivity index (χ1n) is 8.52. The van der Waals surface area contributed by atoms with Gasteiger partial charge in [0.25, 0.3) is 0 Å². The second-order valence-corrected chi connectivity index (χ2v) is 8.10. The average molecular weight is 402 g/mol. The smallest absolute Gasteiger partial charge is 0.410 e. The molecule has 0 spiro atoms. The van der Waals surface area contributed by atoms with E-state index in [0.29, 0.717) is 36.2 Å². The molecule has 1 saturated heterocycles. The summed E-state index contributed by atoms with van der Waals surface area (Å²) in [6.45, 7) is 9.46. The van der Waals surface area contributed by atoms with Gasteiger partial charge in [0.2, 0.25) is 5.91 Å². The van der Waals surface area contributed by atoms with E-state index in [0.717, 1.165) is 11.3 Å².